The highest BCUT2D eigenvalue weighted by atomic mass is 32.1. The normalized spacial score (nSPS) is 16.9. The Balaban J connectivity index is 1.39. The number of aromatic nitrogens is 2. The molecule has 0 N–H and O–H groups in total. The fourth-order valence-electron chi connectivity index (χ4n) is 8.77. The van der Waals surface area contributed by atoms with E-state index in [-0.39, 0.29) is 11.8 Å². The molecule has 5 aromatic rings. The van der Waals surface area contributed by atoms with Crippen molar-refractivity contribution in [2.75, 3.05) is 39.3 Å². The topological polar surface area (TPSA) is 32.3 Å². The van der Waals surface area contributed by atoms with Crippen LogP contribution in [0, 0.1) is 0 Å². The van der Waals surface area contributed by atoms with E-state index in [1.54, 1.807) is 0 Å². The van der Waals surface area contributed by atoms with Crippen LogP contribution in [0.4, 0.5) is 0 Å². The van der Waals surface area contributed by atoms with Gasteiger partial charge in [-0.15, -0.1) is 22.7 Å². The van der Waals surface area contributed by atoms with Gasteiger partial charge in [0.2, 0.25) is 0 Å². The molecule has 3 aromatic heterocycles. The van der Waals surface area contributed by atoms with Crippen LogP contribution >= 0.6 is 22.7 Å². The van der Waals surface area contributed by atoms with E-state index in [1.165, 1.54) is 41.1 Å². The molecule has 4 aliphatic rings. The van der Waals surface area contributed by atoms with Gasteiger partial charge in [0.1, 0.15) is 0 Å². The number of hydrogen-bond donors (Lipinski definition) is 0. The first-order valence-electron chi connectivity index (χ1n) is 20.8. The summed E-state index contributed by atoms with van der Waals surface area (Å²) in [6.07, 6.45) is 23.0. The average molecular weight is 795 g/mol. The summed E-state index contributed by atoms with van der Waals surface area (Å²) in [7, 11) is 0. The van der Waals surface area contributed by atoms with Gasteiger partial charge in [-0.1, -0.05) is 125 Å². The maximum absolute atomic E-state index is 5.61. The molecule has 2 aliphatic heterocycles. The summed E-state index contributed by atoms with van der Waals surface area (Å²) in [6.45, 7) is 15.0. The molecule has 0 amide bonds. The van der Waals surface area contributed by atoms with Gasteiger partial charge in [0.05, 0.1) is 22.8 Å². The molecule has 6 heteroatoms. The highest BCUT2D eigenvalue weighted by Gasteiger charge is 2.28. The third-order valence-corrected chi connectivity index (χ3v) is 14.2. The van der Waals surface area contributed by atoms with Gasteiger partial charge in [0.15, 0.2) is 0 Å². The number of likely N-dealkylation sites (N-methyl/N-ethyl adjacent to an activating group) is 2. The molecule has 4 nitrogen and oxygen atoms in total. The number of thiophene rings is 2. The summed E-state index contributed by atoms with van der Waals surface area (Å²) in [6, 6.07) is 30.8. The van der Waals surface area contributed by atoms with Gasteiger partial charge in [-0.2, -0.15) is 0 Å². The van der Waals surface area contributed by atoms with E-state index in [9.17, 15) is 0 Å². The summed E-state index contributed by atoms with van der Waals surface area (Å²) in [5.41, 5.74) is 14.1. The Morgan fingerprint density at radius 2 is 0.845 bits per heavy atom. The molecule has 2 aromatic carbocycles. The zero-order chi connectivity index (χ0) is 39.6. The number of hydrogen-bond acceptors (Lipinski definition) is 6. The largest absolute Gasteiger partial charge is 0.300 e. The van der Waals surface area contributed by atoms with E-state index >= 15 is 0 Å². The van der Waals surface area contributed by atoms with Gasteiger partial charge in [-0.25, -0.2) is 9.97 Å². The van der Waals surface area contributed by atoms with E-state index in [1.807, 2.05) is 22.7 Å². The second-order valence-electron chi connectivity index (χ2n) is 15.2. The van der Waals surface area contributed by atoms with Crippen molar-refractivity contribution in [2.45, 2.75) is 39.5 Å². The van der Waals surface area contributed by atoms with Gasteiger partial charge in [0.25, 0.3) is 0 Å². The highest BCUT2D eigenvalue weighted by molar-refractivity contribution is 7.24. The van der Waals surface area contributed by atoms with Crippen LogP contribution in [-0.2, 0) is 0 Å². The summed E-state index contributed by atoms with van der Waals surface area (Å²) in [5, 5.41) is 0. The number of nitrogens with zero attached hydrogens (tertiary/aromatic N) is 4. The first-order chi connectivity index (χ1) is 28.6. The van der Waals surface area contributed by atoms with Crippen LogP contribution in [0.5, 0.6) is 0 Å². The second-order valence-corrected chi connectivity index (χ2v) is 17.4. The van der Waals surface area contributed by atoms with Crippen molar-refractivity contribution in [3.05, 3.63) is 166 Å². The molecule has 0 radical (unpaired) electrons. The minimum absolute atomic E-state index is 0.127. The minimum Gasteiger partial charge on any atom is -0.300 e. The van der Waals surface area contributed by atoms with Crippen LogP contribution in [0.3, 0.4) is 0 Å². The lowest BCUT2D eigenvalue weighted by Gasteiger charge is -2.23. The molecule has 290 valence electrons. The molecule has 0 spiro atoms. The molecule has 9 rings (SSSR count). The zero-order valence-corrected chi connectivity index (χ0v) is 35.5. The Labute approximate surface area is 351 Å². The van der Waals surface area contributed by atoms with Crippen molar-refractivity contribution in [1.82, 2.24) is 19.8 Å². The first-order valence-corrected chi connectivity index (χ1v) is 22.5. The lowest BCUT2D eigenvalue weighted by Crippen LogP contribution is -2.26. The van der Waals surface area contributed by atoms with Crippen molar-refractivity contribution in [3.8, 4) is 22.3 Å². The molecule has 0 saturated heterocycles. The van der Waals surface area contributed by atoms with Gasteiger partial charge in [-0.05, 0) is 97.0 Å². The van der Waals surface area contributed by atoms with Gasteiger partial charge in [0, 0.05) is 66.0 Å². The quantitative estimate of drug-likeness (QED) is 0.123. The molecule has 8 bridgehead atoms. The molecule has 2 atom stereocenters. The molecule has 0 fully saturated rings. The Morgan fingerprint density at radius 1 is 0.466 bits per heavy atom. The van der Waals surface area contributed by atoms with E-state index in [2.05, 4.69) is 183 Å². The maximum Gasteiger partial charge on any atom is 0.0730 e. The predicted octanol–water partition coefficient (Wildman–Crippen LogP) is 13.3. The summed E-state index contributed by atoms with van der Waals surface area (Å²) >= 11 is 3.72. The lowest BCUT2D eigenvalue weighted by molar-refractivity contribution is 0.326. The first kappa shape index (κ1) is 38.3. The Morgan fingerprint density at radius 3 is 1.26 bits per heavy atom. The van der Waals surface area contributed by atoms with Crippen LogP contribution in [0.15, 0.2) is 133 Å². The summed E-state index contributed by atoms with van der Waals surface area (Å²) in [4.78, 5) is 16.2. The van der Waals surface area contributed by atoms with Crippen LogP contribution in [-0.4, -0.2) is 59.0 Å². The number of allylic oxidation sites excluding steroid dienone is 6. The van der Waals surface area contributed by atoms with Crippen molar-refractivity contribution in [1.29, 1.82) is 0 Å². The third-order valence-electron chi connectivity index (χ3n) is 12.0. The van der Waals surface area contributed by atoms with Crippen LogP contribution in [0.2, 0.25) is 0 Å². The zero-order valence-electron chi connectivity index (χ0n) is 33.9. The SMILES string of the molecule is CCN(CC)CC1=CC=CC1c1c2nc(c(-c3ccccc3)c3ccc(s3)c(-c3ccccc3)c3nc(c(C4C=CC=C4CN(CC)CC)c4ccc1s4)C=C3)C=C2. The van der Waals surface area contributed by atoms with E-state index in [0.29, 0.717) is 0 Å². The minimum atomic E-state index is 0.127. The monoisotopic (exact) mass is 794 g/mol. The van der Waals surface area contributed by atoms with Crippen LogP contribution in [0.25, 0.3) is 65.4 Å². The van der Waals surface area contributed by atoms with Crippen molar-refractivity contribution >= 4 is 65.8 Å². The smallest absolute Gasteiger partial charge is 0.0730 e. The van der Waals surface area contributed by atoms with Gasteiger partial charge < -0.3 is 0 Å². The summed E-state index contributed by atoms with van der Waals surface area (Å²) in [5.74, 6) is 0.253. The fourth-order valence-corrected chi connectivity index (χ4v) is 11.1. The molecular formula is C52H50N4S2. The Bertz CT molecular complexity index is 2500. The van der Waals surface area contributed by atoms with Gasteiger partial charge in [-0.3, -0.25) is 9.80 Å². The van der Waals surface area contributed by atoms with E-state index in [0.717, 1.165) is 84.3 Å². The molecule has 2 aliphatic carbocycles. The number of rotatable bonds is 12. The van der Waals surface area contributed by atoms with Crippen molar-refractivity contribution < 1.29 is 0 Å². The Hall–Kier alpha value is -5.24. The molecule has 5 heterocycles. The van der Waals surface area contributed by atoms with Gasteiger partial charge >= 0.3 is 0 Å². The average Bonchev–Trinajstić information content (AvgIpc) is 4.13. The third kappa shape index (κ3) is 7.35. The summed E-state index contributed by atoms with van der Waals surface area (Å²) < 4.78 is 4.89. The lowest BCUT2D eigenvalue weighted by atomic mass is 9.92. The van der Waals surface area contributed by atoms with E-state index in [4.69, 9.17) is 9.97 Å². The van der Waals surface area contributed by atoms with Crippen molar-refractivity contribution in [3.63, 3.8) is 0 Å². The number of benzene rings is 2. The molecule has 2 unspecified atom stereocenters. The number of fused-ring (bicyclic) bond motifs is 8. The second kappa shape index (κ2) is 16.9. The van der Waals surface area contributed by atoms with Crippen LogP contribution < -0.4 is 0 Å². The van der Waals surface area contributed by atoms with Crippen molar-refractivity contribution in [2.24, 2.45) is 0 Å². The standard InChI is InChI=1S/C52H50N4S2/c1-5-55(6-2)33-37-21-15-23-39(37)51-43-27-25-41(53-43)49(35-17-11-9-12-18-35)45-29-30-46(57-45)50(36-19-13-10-14-20-36)42-26-28-44(54-42)52(48-32-31-47(51)58-48)40-24-16-22-38(40)34-56(7-3)8-4/h9-32,39-40H,5-8,33-34H2,1-4H3. The molecule has 0 saturated carbocycles. The molecular weight excluding hydrogens is 745 g/mol. The Kier molecular flexibility index (Phi) is 11.2. The molecule has 58 heavy (non-hydrogen) atoms. The highest BCUT2D eigenvalue weighted by Crippen LogP contribution is 2.45. The van der Waals surface area contributed by atoms with Crippen LogP contribution in [0.1, 0.15) is 73.4 Å². The fraction of sp³-hybridized carbons (Fsp3) is 0.231. The predicted molar refractivity (Wildman–Crippen MR) is 252 cm³/mol. The maximum atomic E-state index is 5.61. The van der Waals surface area contributed by atoms with E-state index < -0.39 is 0 Å².